The molecular formula is C32H34N4O4. The summed E-state index contributed by atoms with van der Waals surface area (Å²) in [5, 5.41) is 21.2. The van der Waals surface area contributed by atoms with Crippen LogP contribution in [0.15, 0.2) is 72.8 Å². The number of anilines is 1. The molecule has 0 unspecified atom stereocenters. The number of nitrogens with one attached hydrogen (secondary N) is 2. The van der Waals surface area contributed by atoms with Crippen molar-refractivity contribution in [2.45, 2.75) is 52.0 Å². The summed E-state index contributed by atoms with van der Waals surface area (Å²) >= 11 is 0. The second kappa shape index (κ2) is 12.1. The second-order valence-electron chi connectivity index (χ2n) is 10.1. The van der Waals surface area contributed by atoms with Gasteiger partial charge in [0.25, 0.3) is 5.91 Å². The first-order valence-electron chi connectivity index (χ1n) is 13.7. The predicted molar refractivity (Wildman–Crippen MR) is 155 cm³/mol. The molecule has 0 atom stereocenters. The van der Waals surface area contributed by atoms with Crippen molar-refractivity contribution in [3.05, 3.63) is 95.2 Å². The Morgan fingerprint density at radius 3 is 2.52 bits per heavy atom. The van der Waals surface area contributed by atoms with E-state index < -0.39 is 0 Å². The smallest absolute Gasteiger partial charge is 0.342 e. The summed E-state index contributed by atoms with van der Waals surface area (Å²) < 4.78 is 6.88. The quantitative estimate of drug-likeness (QED) is 0.218. The summed E-state index contributed by atoms with van der Waals surface area (Å²) in [5.41, 5.74) is 4.87. The number of nitrogens with zero attached hydrogens (tertiary/aromatic N) is 2. The van der Waals surface area contributed by atoms with Crippen molar-refractivity contribution < 1.29 is 19.4 Å². The topological polar surface area (TPSA) is 105 Å². The summed E-state index contributed by atoms with van der Waals surface area (Å²) in [6.45, 7) is 4.86. The summed E-state index contributed by atoms with van der Waals surface area (Å²) in [4.78, 5) is 26.2. The number of carbonyl (C=O) groups is 2. The largest absolute Gasteiger partial charge is 0.507 e. The van der Waals surface area contributed by atoms with Gasteiger partial charge in [-0.2, -0.15) is 9.78 Å². The van der Waals surface area contributed by atoms with Gasteiger partial charge in [0.1, 0.15) is 11.5 Å². The summed E-state index contributed by atoms with van der Waals surface area (Å²) in [6, 6.07) is 21.3. The third-order valence-electron chi connectivity index (χ3n) is 7.19. The summed E-state index contributed by atoms with van der Waals surface area (Å²) in [7, 11) is 0. The van der Waals surface area contributed by atoms with Crippen LogP contribution in [0.25, 0.3) is 11.3 Å². The molecule has 8 heteroatoms. The van der Waals surface area contributed by atoms with Crippen LogP contribution in [0, 0.1) is 6.92 Å². The van der Waals surface area contributed by atoms with Crippen molar-refractivity contribution in [3.8, 4) is 22.8 Å². The molecule has 0 spiro atoms. The van der Waals surface area contributed by atoms with Crippen molar-refractivity contribution in [1.82, 2.24) is 15.1 Å². The fourth-order valence-electron chi connectivity index (χ4n) is 5.17. The van der Waals surface area contributed by atoms with Crippen molar-refractivity contribution in [1.29, 1.82) is 0 Å². The molecule has 1 saturated carbocycles. The highest BCUT2D eigenvalue weighted by Crippen LogP contribution is 2.38. The molecule has 1 heterocycles. The van der Waals surface area contributed by atoms with Crippen LogP contribution in [-0.2, 0) is 6.54 Å². The van der Waals surface area contributed by atoms with Crippen LogP contribution < -0.4 is 15.4 Å². The van der Waals surface area contributed by atoms with Crippen LogP contribution in [-0.4, -0.2) is 33.4 Å². The van der Waals surface area contributed by atoms with Gasteiger partial charge in [-0.3, -0.25) is 4.79 Å². The number of aromatic nitrogens is 2. The Labute approximate surface area is 234 Å². The van der Waals surface area contributed by atoms with E-state index in [4.69, 9.17) is 4.74 Å². The zero-order chi connectivity index (χ0) is 28.1. The number of ether oxygens (including phenoxy) is 1. The lowest BCUT2D eigenvalue weighted by Crippen LogP contribution is -2.30. The Bertz CT molecular complexity index is 1500. The minimum Gasteiger partial charge on any atom is -0.507 e. The average molecular weight is 539 g/mol. The highest BCUT2D eigenvalue weighted by molar-refractivity contribution is 6.04. The first-order valence-corrected chi connectivity index (χ1v) is 13.7. The maximum Gasteiger partial charge on any atom is 0.342 e. The molecule has 206 valence electrons. The number of carbonyl (C=O) groups excluding carboxylic acids is 2. The number of benzene rings is 3. The number of hydrogen-bond donors (Lipinski definition) is 3. The number of aromatic hydroxyl groups is 1. The normalized spacial score (nSPS) is 13.2. The number of amides is 2. The van der Waals surface area contributed by atoms with Gasteiger partial charge in [-0.25, -0.2) is 4.79 Å². The lowest BCUT2D eigenvalue weighted by molar-refractivity contribution is 0.102. The van der Waals surface area contributed by atoms with E-state index in [0.29, 0.717) is 41.4 Å². The minimum atomic E-state index is -0.311. The van der Waals surface area contributed by atoms with Crippen LogP contribution >= 0.6 is 0 Å². The number of phenols is 1. The fraction of sp³-hybridized carbons (Fsp3) is 0.281. The fourth-order valence-corrected chi connectivity index (χ4v) is 5.17. The lowest BCUT2D eigenvalue weighted by atomic mass is 10.0. The molecule has 1 aliphatic rings. The Hall–Kier alpha value is -4.59. The SMILES string of the molecule is CCOc1ccc(C(=O)Nc2ccc(O)c(-c3cc(C4CCCC4)n(C(=O)NCc4cccc(C)c4)n3)c2)cc1. The maximum atomic E-state index is 13.3. The second-order valence-corrected chi connectivity index (χ2v) is 10.1. The number of phenolic OH excluding ortho intramolecular Hbond substituents is 1. The monoisotopic (exact) mass is 538 g/mol. The Kier molecular flexibility index (Phi) is 8.15. The first kappa shape index (κ1) is 27.0. The summed E-state index contributed by atoms with van der Waals surface area (Å²) in [6.07, 6.45) is 4.18. The van der Waals surface area contributed by atoms with Crippen LogP contribution in [0.4, 0.5) is 10.5 Å². The molecule has 1 aliphatic carbocycles. The van der Waals surface area contributed by atoms with E-state index in [2.05, 4.69) is 15.7 Å². The van der Waals surface area contributed by atoms with Crippen LogP contribution in [0.5, 0.6) is 11.5 Å². The van der Waals surface area contributed by atoms with Gasteiger partial charge < -0.3 is 20.5 Å². The van der Waals surface area contributed by atoms with Gasteiger partial charge in [-0.05, 0) is 80.8 Å². The van der Waals surface area contributed by atoms with Crippen molar-refractivity contribution >= 4 is 17.6 Å². The van der Waals surface area contributed by atoms with E-state index >= 15 is 0 Å². The first-order chi connectivity index (χ1) is 19.4. The molecule has 0 saturated heterocycles. The zero-order valence-electron chi connectivity index (χ0n) is 22.8. The Balaban J connectivity index is 1.39. The van der Waals surface area contributed by atoms with Crippen LogP contribution in [0.1, 0.15) is 65.7 Å². The highest BCUT2D eigenvalue weighted by Gasteiger charge is 2.26. The molecule has 0 aliphatic heterocycles. The molecule has 0 radical (unpaired) electrons. The van der Waals surface area contributed by atoms with E-state index in [1.165, 1.54) is 10.7 Å². The van der Waals surface area contributed by atoms with E-state index in [0.717, 1.165) is 42.5 Å². The maximum absolute atomic E-state index is 13.3. The standard InChI is InChI=1S/C32H34N4O4/c1-3-40-26-14-11-24(12-15-26)31(38)34-25-13-16-30(37)27(18-25)28-19-29(23-9-4-5-10-23)36(35-28)32(39)33-20-22-8-6-7-21(2)17-22/h6-8,11-19,23,37H,3-5,9-10,20H2,1-2H3,(H,33,39)(H,34,38). The van der Waals surface area contributed by atoms with E-state index in [9.17, 15) is 14.7 Å². The van der Waals surface area contributed by atoms with Gasteiger partial charge in [-0.15, -0.1) is 0 Å². The van der Waals surface area contributed by atoms with Crippen LogP contribution in [0.2, 0.25) is 0 Å². The van der Waals surface area contributed by atoms with E-state index in [1.807, 2.05) is 44.2 Å². The molecule has 2 amide bonds. The van der Waals surface area contributed by atoms with Gasteiger partial charge in [0.15, 0.2) is 0 Å². The number of hydrogen-bond acceptors (Lipinski definition) is 5. The molecule has 8 nitrogen and oxygen atoms in total. The van der Waals surface area contributed by atoms with Crippen LogP contribution in [0.3, 0.4) is 0 Å². The Morgan fingerprint density at radius 2 is 1.80 bits per heavy atom. The van der Waals surface area contributed by atoms with E-state index in [-0.39, 0.29) is 23.6 Å². The molecule has 1 aromatic heterocycles. The lowest BCUT2D eigenvalue weighted by Gasteiger charge is -2.12. The molecule has 40 heavy (non-hydrogen) atoms. The van der Waals surface area contributed by atoms with Gasteiger partial charge in [0.05, 0.1) is 18.0 Å². The van der Waals surface area contributed by atoms with Crippen molar-refractivity contribution in [3.63, 3.8) is 0 Å². The molecule has 3 aromatic carbocycles. The van der Waals surface area contributed by atoms with Gasteiger partial charge >= 0.3 is 6.03 Å². The number of aryl methyl sites for hydroxylation is 1. The molecule has 5 rings (SSSR count). The average Bonchev–Trinajstić information content (AvgIpc) is 3.64. The third-order valence-corrected chi connectivity index (χ3v) is 7.19. The Morgan fingerprint density at radius 1 is 1.02 bits per heavy atom. The van der Waals surface area contributed by atoms with Crippen molar-refractivity contribution in [2.24, 2.45) is 0 Å². The van der Waals surface area contributed by atoms with Gasteiger partial charge in [-0.1, -0.05) is 42.7 Å². The summed E-state index contributed by atoms with van der Waals surface area (Å²) in [5.74, 6) is 0.646. The third kappa shape index (κ3) is 6.17. The number of rotatable bonds is 8. The van der Waals surface area contributed by atoms with Crippen molar-refractivity contribution in [2.75, 3.05) is 11.9 Å². The molecule has 4 aromatic rings. The molecule has 3 N–H and O–H groups in total. The van der Waals surface area contributed by atoms with Gasteiger partial charge in [0, 0.05) is 29.3 Å². The molecule has 1 fully saturated rings. The van der Waals surface area contributed by atoms with Gasteiger partial charge in [0.2, 0.25) is 0 Å². The highest BCUT2D eigenvalue weighted by atomic mass is 16.5. The zero-order valence-corrected chi connectivity index (χ0v) is 22.8. The minimum absolute atomic E-state index is 0.0156. The molecule has 0 bridgehead atoms. The molecular weight excluding hydrogens is 504 g/mol. The van der Waals surface area contributed by atoms with E-state index in [1.54, 1.807) is 36.4 Å². The predicted octanol–water partition coefficient (Wildman–Crippen LogP) is 6.63.